The quantitative estimate of drug-likeness (QED) is 0.791. The van der Waals surface area contributed by atoms with E-state index in [1.807, 2.05) is 45.9 Å². The molecule has 1 amide bonds. The number of methoxy groups -OCH3 is 1. The number of ether oxygens (including phenoxy) is 3. The highest BCUT2D eigenvalue weighted by Crippen LogP contribution is 2.40. The third-order valence-electron chi connectivity index (χ3n) is 4.19. The molecule has 1 heterocycles. The Morgan fingerprint density at radius 1 is 1.36 bits per heavy atom. The zero-order valence-electron chi connectivity index (χ0n) is 16.5. The maximum absolute atomic E-state index is 12.9. The molecule has 0 radical (unpaired) electrons. The molecular weight excluding hydrogens is 318 g/mol. The summed E-state index contributed by atoms with van der Waals surface area (Å²) < 4.78 is 17.3. The van der Waals surface area contributed by atoms with Crippen LogP contribution >= 0.6 is 0 Å². The van der Waals surface area contributed by atoms with E-state index in [1.54, 1.807) is 12.0 Å². The molecule has 0 bridgehead atoms. The van der Waals surface area contributed by atoms with Crippen molar-refractivity contribution in [2.75, 3.05) is 13.7 Å². The minimum atomic E-state index is -0.553. The summed E-state index contributed by atoms with van der Waals surface area (Å²) in [5, 5.41) is 0. The number of carbonyl (C=O) groups is 1. The van der Waals surface area contributed by atoms with Gasteiger partial charge in [-0.2, -0.15) is 0 Å². The molecule has 1 aliphatic heterocycles. The average molecular weight is 349 g/mol. The zero-order chi connectivity index (χ0) is 18.8. The van der Waals surface area contributed by atoms with Gasteiger partial charge in [0.15, 0.2) is 6.23 Å². The molecule has 2 atom stereocenters. The van der Waals surface area contributed by atoms with Gasteiger partial charge in [-0.15, -0.1) is 0 Å². The topological polar surface area (TPSA) is 48.0 Å². The van der Waals surface area contributed by atoms with E-state index in [1.165, 1.54) is 0 Å². The first-order chi connectivity index (χ1) is 11.6. The van der Waals surface area contributed by atoms with Crippen LogP contribution in [-0.2, 0) is 9.47 Å². The van der Waals surface area contributed by atoms with Crippen molar-refractivity contribution >= 4 is 6.09 Å². The van der Waals surface area contributed by atoms with E-state index in [-0.39, 0.29) is 12.1 Å². The van der Waals surface area contributed by atoms with Crippen molar-refractivity contribution in [2.24, 2.45) is 5.92 Å². The summed E-state index contributed by atoms with van der Waals surface area (Å²) in [6.45, 7) is 12.4. The molecule has 5 nitrogen and oxygen atoms in total. The molecule has 0 aliphatic carbocycles. The molecule has 1 aromatic rings. The van der Waals surface area contributed by atoms with Gasteiger partial charge in [-0.05, 0) is 51.7 Å². The molecule has 1 fully saturated rings. The Kier molecular flexibility index (Phi) is 5.99. The molecule has 25 heavy (non-hydrogen) atoms. The fraction of sp³-hybridized carbons (Fsp3) is 0.650. The lowest BCUT2D eigenvalue weighted by molar-refractivity contribution is -0.0157. The fourth-order valence-electron chi connectivity index (χ4n) is 3.21. The van der Waals surface area contributed by atoms with E-state index in [4.69, 9.17) is 14.2 Å². The van der Waals surface area contributed by atoms with E-state index in [0.29, 0.717) is 12.5 Å². The lowest BCUT2D eigenvalue weighted by atomic mass is 10.0. The second kappa shape index (κ2) is 7.65. The van der Waals surface area contributed by atoms with Gasteiger partial charge >= 0.3 is 6.09 Å². The van der Waals surface area contributed by atoms with Crippen LogP contribution < -0.4 is 4.74 Å². The van der Waals surface area contributed by atoms with Crippen LogP contribution in [0.2, 0.25) is 0 Å². The summed E-state index contributed by atoms with van der Waals surface area (Å²) in [6, 6.07) is 5.83. The smallest absolute Gasteiger partial charge is 0.412 e. The van der Waals surface area contributed by atoms with Crippen LogP contribution in [-0.4, -0.2) is 36.4 Å². The third-order valence-corrected chi connectivity index (χ3v) is 4.19. The number of hydrogen-bond donors (Lipinski definition) is 0. The van der Waals surface area contributed by atoms with Crippen molar-refractivity contribution in [3.63, 3.8) is 0 Å². The van der Waals surface area contributed by atoms with E-state index in [9.17, 15) is 4.79 Å². The first-order valence-electron chi connectivity index (χ1n) is 8.90. The van der Waals surface area contributed by atoms with Crippen LogP contribution in [0.4, 0.5) is 4.79 Å². The van der Waals surface area contributed by atoms with Gasteiger partial charge in [0.25, 0.3) is 0 Å². The molecular formula is C20H31NO4. The van der Waals surface area contributed by atoms with E-state index < -0.39 is 11.8 Å². The second-order valence-corrected chi connectivity index (χ2v) is 8.05. The van der Waals surface area contributed by atoms with Gasteiger partial charge in [-0.1, -0.05) is 26.0 Å². The summed E-state index contributed by atoms with van der Waals surface area (Å²) >= 11 is 0. The van der Waals surface area contributed by atoms with Gasteiger partial charge in [0, 0.05) is 5.56 Å². The largest absolute Gasteiger partial charge is 0.496 e. The highest BCUT2D eigenvalue weighted by atomic mass is 16.6. The molecule has 0 spiro atoms. The number of rotatable bonds is 4. The van der Waals surface area contributed by atoms with E-state index in [0.717, 1.165) is 23.3 Å². The van der Waals surface area contributed by atoms with Crippen molar-refractivity contribution in [3.8, 4) is 5.75 Å². The fourth-order valence-corrected chi connectivity index (χ4v) is 3.21. The van der Waals surface area contributed by atoms with Gasteiger partial charge in [0.05, 0.1) is 19.8 Å². The summed E-state index contributed by atoms with van der Waals surface area (Å²) in [5.74, 6) is 1.18. The molecule has 0 aromatic heterocycles. The highest BCUT2D eigenvalue weighted by molar-refractivity contribution is 5.70. The molecule has 1 aliphatic rings. The predicted molar refractivity (Wildman–Crippen MR) is 97.7 cm³/mol. The van der Waals surface area contributed by atoms with Crippen molar-refractivity contribution in [2.45, 2.75) is 65.8 Å². The number of carbonyl (C=O) groups excluding carboxylic acids is 1. The minimum Gasteiger partial charge on any atom is -0.496 e. The van der Waals surface area contributed by atoms with Crippen LogP contribution in [0.25, 0.3) is 0 Å². The molecule has 1 saturated heterocycles. The molecule has 1 aromatic carbocycles. The number of benzene rings is 1. The number of nitrogens with zero attached hydrogens (tertiary/aromatic N) is 1. The first-order valence-corrected chi connectivity index (χ1v) is 8.90. The third kappa shape index (κ3) is 4.66. The Hall–Kier alpha value is -1.75. The van der Waals surface area contributed by atoms with Crippen LogP contribution in [0.5, 0.6) is 5.75 Å². The molecule has 0 saturated carbocycles. The van der Waals surface area contributed by atoms with E-state index in [2.05, 4.69) is 13.8 Å². The summed E-state index contributed by atoms with van der Waals surface area (Å²) in [6.07, 6.45) is 0.0323. The number of hydrogen-bond acceptors (Lipinski definition) is 4. The predicted octanol–water partition coefficient (Wildman–Crippen LogP) is 4.68. The van der Waals surface area contributed by atoms with Crippen molar-refractivity contribution in [1.82, 2.24) is 4.90 Å². The van der Waals surface area contributed by atoms with Gasteiger partial charge in [0.1, 0.15) is 11.4 Å². The molecule has 2 rings (SSSR count). The standard InChI is InChI=1S/C20H31NO4/c1-13(2)11-15-12-24-18(21(15)19(22)25-20(4,5)6)17-14(3)9-8-10-16(17)23-7/h8-10,13,15,18H,11-12H2,1-7H3. The lowest BCUT2D eigenvalue weighted by Gasteiger charge is -2.32. The van der Waals surface area contributed by atoms with Crippen molar-refractivity contribution in [1.29, 1.82) is 0 Å². The Bertz CT molecular complexity index is 606. The maximum atomic E-state index is 12.9. The summed E-state index contributed by atoms with van der Waals surface area (Å²) in [7, 11) is 1.64. The second-order valence-electron chi connectivity index (χ2n) is 8.05. The maximum Gasteiger partial charge on any atom is 0.412 e. The normalized spacial score (nSPS) is 20.9. The van der Waals surface area contributed by atoms with E-state index >= 15 is 0 Å². The van der Waals surface area contributed by atoms with Crippen molar-refractivity contribution in [3.05, 3.63) is 29.3 Å². The van der Waals surface area contributed by atoms with Crippen LogP contribution in [0.3, 0.4) is 0 Å². The Morgan fingerprint density at radius 2 is 2.04 bits per heavy atom. The van der Waals surface area contributed by atoms with Crippen LogP contribution in [0, 0.1) is 12.8 Å². The van der Waals surface area contributed by atoms with Crippen molar-refractivity contribution < 1.29 is 19.0 Å². The van der Waals surface area contributed by atoms with Gasteiger partial charge in [0.2, 0.25) is 0 Å². The average Bonchev–Trinajstić information content (AvgIpc) is 2.87. The number of amides is 1. The van der Waals surface area contributed by atoms with Crippen LogP contribution in [0.15, 0.2) is 18.2 Å². The Morgan fingerprint density at radius 3 is 2.60 bits per heavy atom. The minimum absolute atomic E-state index is 0.0100. The monoisotopic (exact) mass is 349 g/mol. The zero-order valence-corrected chi connectivity index (χ0v) is 16.5. The first kappa shape index (κ1) is 19.6. The van der Waals surface area contributed by atoms with Gasteiger partial charge in [-0.25, -0.2) is 4.79 Å². The lowest BCUT2D eigenvalue weighted by Crippen LogP contribution is -2.42. The summed E-state index contributed by atoms with van der Waals surface area (Å²) in [4.78, 5) is 14.7. The Labute approximate surface area is 151 Å². The Balaban J connectivity index is 2.40. The highest BCUT2D eigenvalue weighted by Gasteiger charge is 2.42. The van der Waals surface area contributed by atoms with Gasteiger partial charge < -0.3 is 14.2 Å². The molecule has 0 N–H and O–H groups in total. The van der Waals surface area contributed by atoms with Gasteiger partial charge in [-0.3, -0.25) is 4.90 Å². The SMILES string of the molecule is COc1cccc(C)c1C1OCC(CC(C)C)N1C(=O)OC(C)(C)C. The number of aryl methyl sites for hydroxylation is 1. The van der Waals surface area contributed by atoms with Crippen LogP contribution in [0.1, 0.15) is 58.4 Å². The summed E-state index contributed by atoms with van der Waals surface area (Å²) in [5.41, 5.74) is 1.37. The molecule has 5 heteroatoms. The molecule has 140 valence electrons. The molecule has 2 unspecified atom stereocenters.